The van der Waals surface area contributed by atoms with E-state index in [0.29, 0.717) is 11.7 Å². The Kier molecular flexibility index (Phi) is 5.43. The van der Waals surface area contributed by atoms with E-state index in [0.717, 1.165) is 17.7 Å². The van der Waals surface area contributed by atoms with Gasteiger partial charge in [0.1, 0.15) is 12.4 Å². The Morgan fingerprint density at radius 1 is 1.50 bits per heavy atom. The second-order valence-corrected chi connectivity index (χ2v) is 6.55. The molecule has 0 amide bonds. The van der Waals surface area contributed by atoms with E-state index in [-0.39, 0.29) is 11.5 Å². The number of ether oxygens (including phenoxy) is 1. The molecule has 1 atom stereocenters. The molecular formula is C15H22O4S. The third-order valence-corrected chi connectivity index (χ3v) is 5.05. The summed E-state index contributed by atoms with van der Waals surface area (Å²) in [4.78, 5) is 12.4. The first-order valence-electron chi connectivity index (χ1n) is 7.27. The minimum absolute atomic E-state index is 0.177. The van der Waals surface area contributed by atoms with Gasteiger partial charge < -0.3 is 14.9 Å². The molecule has 1 fully saturated rings. The molecule has 2 N–H and O–H groups in total. The summed E-state index contributed by atoms with van der Waals surface area (Å²) in [5, 5.41) is 19.1. The first kappa shape index (κ1) is 15.3. The highest BCUT2D eigenvalue weighted by Crippen LogP contribution is 2.31. The second-order valence-electron chi connectivity index (χ2n) is 5.42. The van der Waals surface area contributed by atoms with Crippen LogP contribution in [0.2, 0.25) is 0 Å². The molecule has 0 saturated heterocycles. The quantitative estimate of drug-likeness (QED) is 0.810. The Morgan fingerprint density at radius 3 is 2.80 bits per heavy atom. The van der Waals surface area contributed by atoms with Gasteiger partial charge in [-0.3, -0.25) is 0 Å². The zero-order valence-corrected chi connectivity index (χ0v) is 12.6. The monoisotopic (exact) mass is 298 g/mol. The lowest BCUT2D eigenvalue weighted by Gasteiger charge is -2.15. The van der Waals surface area contributed by atoms with Gasteiger partial charge in [-0.15, -0.1) is 11.3 Å². The van der Waals surface area contributed by atoms with Crippen LogP contribution in [0.15, 0.2) is 6.07 Å². The largest absolute Gasteiger partial charge is 0.489 e. The molecule has 20 heavy (non-hydrogen) atoms. The third kappa shape index (κ3) is 3.96. The standard InChI is InChI=1S/C15H22O4S/c1-2-12-8-13(14(20-12)15(17)18)19-9-11(16)7-10-5-3-4-6-10/h8,10-11,16H,2-7,9H2,1H3,(H,17,18). The van der Waals surface area contributed by atoms with Crippen molar-refractivity contribution < 1.29 is 19.7 Å². The Labute approximate surface area is 123 Å². The lowest BCUT2D eigenvalue weighted by atomic mass is 10.0. The highest BCUT2D eigenvalue weighted by Gasteiger charge is 2.21. The molecule has 1 aromatic heterocycles. The molecule has 0 aromatic carbocycles. The summed E-state index contributed by atoms with van der Waals surface area (Å²) in [6.07, 6.45) is 5.93. The van der Waals surface area contributed by atoms with Gasteiger partial charge in [-0.2, -0.15) is 0 Å². The van der Waals surface area contributed by atoms with Gasteiger partial charge in [-0.05, 0) is 24.8 Å². The number of carboxylic acids is 1. The van der Waals surface area contributed by atoms with Crippen molar-refractivity contribution in [2.24, 2.45) is 5.92 Å². The average Bonchev–Trinajstić information content (AvgIpc) is 3.04. The van der Waals surface area contributed by atoms with E-state index in [2.05, 4.69) is 0 Å². The first-order valence-corrected chi connectivity index (χ1v) is 8.08. The fourth-order valence-electron chi connectivity index (χ4n) is 2.74. The van der Waals surface area contributed by atoms with Crippen molar-refractivity contribution in [1.82, 2.24) is 0 Å². The maximum Gasteiger partial charge on any atom is 0.349 e. The van der Waals surface area contributed by atoms with Crippen molar-refractivity contribution in [1.29, 1.82) is 0 Å². The van der Waals surface area contributed by atoms with Crippen LogP contribution in [0.4, 0.5) is 0 Å². The van der Waals surface area contributed by atoms with Crippen LogP contribution in [0.3, 0.4) is 0 Å². The number of rotatable bonds is 7. The number of hydrogen-bond acceptors (Lipinski definition) is 4. The highest BCUT2D eigenvalue weighted by atomic mass is 32.1. The molecular weight excluding hydrogens is 276 g/mol. The van der Waals surface area contributed by atoms with Gasteiger partial charge >= 0.3 is 5.97 Å². The smallest absolute Gasteiger partial charge is 0.349 e. The van der Waals surface area contributed by atoms with E-state index < -0.39 is 12.1 Å². The number of thiophene rings is 1. The zero-order valence-electron chi connectivity index (χ0n) is 11.8. The maximum atomic E-state index is 11.1. The number of aliphatic hydroxyl groups excluding tert-OH is 1. The molecule has 0 bridgehead atoms. The van der Waals surface area contributed by atoms with Gasteiger partial charge in [-0.1, -0.05) is 32.6 Å². The van der Waals surface area contributed by atoms with Crippen LogP contribution in [-0.2, 0) is 6.42 Å². The highest BCUT2D eigenvalue weighted by molar-refractivity contribution is 7.14. The van der Waals surface area contributed by atoms with Crippen molar-refractivity contribution in [3.8, 4) is 5.75 Å². The molecule has 4 nitrogen and oxygen atoms in total. The molecule has 112 valence electrons. The lowest BCUT2D eigenvalue weighted by Crippen LogP contribution is -2.20. The van der Waals surface area contributed by atoms with Crippen LogP contribution in [0.25, 0.3) is 0 Å². The fourth-order valence-corrected chi connectivity index (χ4v) is 3.62. The van der Waals surface area contributed by atoms with Gasteiger partial charge in [0.15, 0.2) is 4.88 Å². The lowest BCUT2D eigenvalue weighted by molar-refractivity contribution is 0.0679. The van der Waals surface area contributed by atoms with E-state index in [9.17, 15) is 9.90 Å². The van der Waals surface area contributed by atoms with Crippen LogP contribution < -0.4 is 4.74 Å². The van der Waals surface area contributed by atoms with Gasteiger partial charge in [-0.25, -0.2) is 4.79 Å². The Hall–Kier alpha value is -1.07. The Balaban J connectivity index is 1.88. The summed E-state index contributed by atoms with van der Waals surface area (Å²) in [6, 6.07) is 1.77. The van der Waals surface area contributed by atoms with Gasteiger partial charge in [0.2, 0.25) is 0 Å². The minimum Gasteiger partial charge on any atom is -0.489 e. The number of aromatic carboxylic acids is 1. The summed E-state index contributed by atoms with van der Waals surface area (Å²) in [5.41, 5.74) is 0. The van der Waals surface area contributed by atoms with E-state index in [4.69, 9.17) is 9.84 Å². The molecule has 1 heterocycles. The summed E-state index contributed by atoms with van der Waals surface area (Å²) in [5.74, 6) is 0.0287. The Morgan fingerprint density at radius 2 is 2.20 bits per heavy atom. The third-order valence-electron chi connectivity index (χ3n) is 3.80. The van der Waals surface area contributed by atoms with Crippen LogP contribution in [-0.4, -0.2) is 28.9 Å². The van der Waals surface area contributed by atoms with Crippen LogP contribution in [0.5, 0.6) is 5.75 Å². The molecule has 0 spiro atoms. The summed E-state index contributed by atoms with van der Waals surface area (Å²) in [7, 11) is 0. The summed E-state index contributed by atoms with van der Waals surface area (Å²) < 4.78 is 5.53. The topological polar surface area (TPSA) is 66.8 Å². The predicted octanol–water partition coefficient (Wildman–Crippen LogP) is 3.33. The van der Waals surface area contributed by atoms with Crippen molar-refractivity contribution in [3.63, 3.8) is 0 Å². The summed E-state index contributed by atoms with van der Waals surface area (Å²) >= 11 is 1.25. The first-order chi connectivity index (χ1) is 9.60. The van der Waals surface area contributed by atoms with Crippen molar-refractivity contribution in [2.45, 2.75) is 51.6 Å². The predicted molar refractivity (Wildman–Crippen MR) is 78.7 cm³/mol. The van der Waals surface area contributed by atoms with Gasteiger partial charge in [0.25, 0.3) is 0 Å². The normalized spacial score (nSPS) is 17.3. The molecule has 1 aliphatic carbocycles. The average molecular weight is 298 g/mol. The van der Waals surface area contributed by atoms with E-state index >= 15 is 0 Å². The van der Waals surface area contributed by atoms with E-state index in [1.165, 1.54) is 37.0 Å². The minimum atomic E-state index is -0.963. The molecule has 1 aliphatic rings. The van der Waals surface area contributed by atoms with Crippen molar-refractivity contribution >= 4 is 17.3 Å². The number of carbonyl (C=O) groups is 1. The summed E-state index contributed by atoms with van der Waals surface area (Å²) in [6.45, 7) is 2.16. The van der Waals surface area contributed by atoms with Crippen LogP contribution >= 0.6 is 11.3 Å². The van der Waals surface area contributed by atoms with Gasteiger partial charge in [0.05, 0.1) is 6.10 Å². The Bertz CT molecular complexity index is 449. The molecule has 2 rings (SSSR count). The van der Waals surface area contributed by atoms with E-state index in [1.807, 2.05) is 6.92 Å². The molecule has 0 radical (unpaired) electrons. The number of aryl methyl sites for hydroxylation is 1. The molecule has 1 unspecified atom stereocenters. The molecule has 1 aromatic rings. The number of carboxylic acid groups (broad SMARTS) is 1. The van der Waals surface area contributed by atoms with Crippen molar-refractivity contribution in [3.05, 3.63) is 15.8 Å². The molecule has 0 aliphatic heterocycles. The van der Waals surface area contributed by atoms with Crippen molar-refractivity contribution in [2.75, 3.05) is 6.61 Å². The number of hydrogen-bond donors (Lipinski definition) is 2. The number of aliphatic hydroxyl groups is 1. The SMILES string of the molecule is CCc1cc(OCC(O)CC2CCCC2)c(C(=O)O)s1. The fraction of sp³-hybridized carbons (Fsp3) is 0.667. The zero-order chi connectivity index (χ0) is 14.5. The molecule has 5 heteroatoms. The maximum absolute atomic E-state index is 11.1. The van der Waals surface area contributed by atoms with Gasteiger partial charge in [0, 0.05) is 4.88 Å². The van der Waals surface area contributed by atoms with Crippen LogP contribution in [0.1, 0.15) is 53.6 Å². The van der Waals surface area contributed by atoms with E-state index in [1.54, 1.807) is 6.07 Å². The molecule has 1 saturated carbocycles. The van der Waals surface area contributed by atoms with Crippen LogP contribution in [0, 0.1) is 5.92 Å². The second kappa shape index (κ2) is 7.09.